The summed E-state index contributed by atoms with van der Waals surface area (Å²) in [5.41, 5.74) is -0.163. The Balaban J connectivity index is 1.75. The van der Waals surface area contributed by atoms with Gasteiger partial charge in [0.05, 0.1) is 11.8 Å². The molecular weight excluding hydrogens is 331 g/mol. The van der Waals surface area contributed by atoms with E-state index >= 15 is 0 Å². The number of anilines is 3. The van der Waals surface area contributed by atoms with Crippen LogP contribution in [0.3, 0.4) is 0 Å². The minimum absolute atomic E-state index is 0.400. The lowest BCUT2D eigenvalue weighted by atomic mass is 10.0. The van der Waals surface area contributed by atoms with E-state index in [-0.39, 0.29) is 0 Å². The number of piperidine rings is 1. The molecule has 2 heterocycles. The van der Waals surface area contributed by atoms with Gasteiger partial charge < -0.3 is 10.2 Å². The van der Waals surface area contributed by atoms with E-state index in [0.29, 0.717) is 23.5 Å². The molecule has 0 spiro atoms. The highest BCUT2D eigenvalue weighted by atomic mass is 19.4. The molecule has 0 saturated carbocycles. The molecule has 1 aromatic heterocycles. The van der Waals surface area contributed by atoms with Crippen LogP contribution in [0.15, 0.2) is 30.5 Å². The zero-order valence-corrected chi connectivity index (χ0v) is 13.9. The number of rotatable bonds is 4. The fourth-order valence-electron chi connectivity index (χ4n) is 3.05. The van der Waals surface area contributed by atoms with E-state index in [4.69, 9.17) is 0 Å². The first-order valence-electron chi connectivity index (χ1n) is 8.38. The summed E-state index contributed by atoms with van der Waals surface area (Å²) in [6, 6.07) is 5.23. The maximum atomic E-state index is 12.6. The van der Waals surface area contributed by atoms with Crippen LogP contribution in [0.2, 0.25) is 0 Å². The summed E-state index contributed by atoms with van der Waals surface area (Å²) in [6.07, 6.45) is 1.54. The van der Waals surface area contributed by atoms with Crippen LogP contribution >= 0.6 is 0 Å². The van der Waals surface area contributed by atoms with Crippen molar-refractivity contribution in [3.05, 3.63) is 36.0 Å². The summed E-state index contributed by atoms with van der Waals surface area (Å²) in [4.78, 5) is 6.64. The Kier molecular flexibility index (Phi) is 5.06. The molecule has 1 aliphatic heterocycles. The zero-order chi connectivity index (χ0) is 17.9. The molecule has 25 heavy (non-hydrogen) atoms. The second-order valence-corrected chi connectivity index (χ2v) is 6.09. The van der Waals surface area contributed by atoms with Gasteiger partial charge in [-0.15, -0.1) is 5.10 Å². The van der Waals surface area contributed by atoms with Crippen molar-refractivity contribution >= 4 is 17.5 Å². The minimum atomic E-state index is -4.34. The lowest BCUT2D eigenvalue weighted by Crippen LogP contribution is -2.40. The summed E-state index contributed by atoms with van der Waals surface area (Å²) in [7, 11) is 0. The van der Waals surface area contributed by atoms with E-state index in [1.165, 1.54) is 24.8 Å². The lowest BCUT2D eigenvalue weighted by Gasteiger charge is -2.34. The first-order valence-corrected chi connectivity index (χ1v) is 8.38. The summed E-state index contributed by atoms with van der Waals surface area (Å²) in [5.74, 6) is 1.02. The maximum absolute atomic E-state index is 12.6. The van der Waals surface area contributed by atoms with Gasteiger partial charge in [-0.2, -0.15) is 23.3 Å². The fraction of sp³-hybridized carbons (Fsp3) is 0.471. The number of alkyl halides is 3. The SMILES string of the molecule is CCC1CCCCN1c1nncc(Nc2ccc(C(F)(F)F)cc2)n1. The van der Waals surface area contributed by atoms with E-state index in [1.807, 2.05) is 0 Å². The predicted molar refractivity (Wildman–Crippen MR) is 89.8 cm³/mol. The molecular formula is C17H20F3N5. The van der Waals surface area contributed by atoms with Crippen LogP contribution in [-0.2, 0) is 6.18 Å². The van der Waals surface area contributed by atoms with Gasteiger partial charge in [-0.25, -0.2) is 0 Å². The molecule has 0 bridgehead atoms. The number of hydrogen-bond donors (Lipinski definition) is 1. The second kappa shape index (κ2) is 7.25. The molecule has 0 radical (unpaired) electrons. The van der Waals surface area contributed by atoms with Crippen molar-refractivity contribution in [1.29, 1.82) is 0 Å². The summed E-state index contributed by atoms with van der Waals surface area (Å²) >= 11 is 0. The quantitative estimate of drug-likeness (QED) is 0.885. The monoisotopic (exact) mass is 351 g/mol. The Morgan fingerprint density at radius 1 is 1.20 bits per heavy atom. The summed E-state index contributed by atoms with van der Waals surface area (Å²) in [6.45, 7) is 3.03. The Bertz CT molecular complexity index is 702. The Morgan fingerprint density at radius 2 is 1.96 bits per heavy atom. The second-order valence-electron chi connectivity index (χ2n) is 6.09. The van der Waals surface area contributed by atoms with Gasteiger partial charge >= 0.3 is 6.18 Å². The van der Waals surface area contributed by atoms with Crippen LogP contribution in [0.5, 0.6) is 0 Å². The van der Waals surface area contributed by atoms with E-state index in [9.17, 15) is 13.2 Å². The van der Waals surface area contributed by atoms with Crippen LogP contribution in [0.1, 0.15) is 38.2 Å². The van der Waals surface area contributed by atoms with Gasteiger partial charge in [-0.1, -0.05) is 6.92 Å². The predicted octanol–water partition coefficient (Wildman–Crippen LogP) is 4.40. The van der Waals surface area contributed by atoms with Gasteiger partial charge in [-0.3, -0.25) is 0 Å². The Hall–Kier alpha value is -2.38. The highest BCUT2D eigenvalue weighted by Gasteiger charge is 2.30. The van der Waals surface area contributed by atoms with Gasteiger partial charge in [0.2, 0.25) is 5.95 Å². The third-order valence-electron chi connectivity index (χ3n) is 4.39. The zero-order valence-electron chi connectivity index (χ0n) is 13.9. The molecule has 1 fully saturated rings. The van der Waals surface area contributed by atoms with Gasteiger partial charge in [0.1, 0.15) is 0 Å². The molecule has 1 atom stereocenters. The topological polar surface area (TPSA) is 53.9 Å². The Labute approximate surface area is 144 Å². The van der Waals surface area contributed by atoms with Crippen molar-refractivity contribution in [2.24, 2.45) is 0 Å². The average Bonchev–Trinajstić information content (AvgIpc) is 2.61. The van der Waals surface area contributed by atoms with Crippen molar-refractivity contribution in [2.45, 2.75) is 44.8 Å². The lowest BCUT2D eigenvalue weighted by molar-refractivity contribution is -0.137. The third-order valence-corrected chi connectivity index (χ3v) is 4.39. The summed E-state index contributed by atoms with van der Waals surface area (Å²) in [5, 5.41) is 11.1. The molecule has 1 aliphatic rings. The van der Waals surface area contributed by atoms with Crippen molar-refractivity contribution < 1.29 is 13.2 Å². The molecule has 5 nitrogen and oxygen atoms in total. The van der Waals surface area contributed by atoms with Crippen LogP contribution in [-0.4, -0.2) is 27.8 Å². The number of benzene rings is 1. The van der Waals surface area contributed by atoms with E-state index < -0.39 is 11.7 Å². The molecule has 2 aromatic rings. The van der Waals surface area contributed by atoms with Crippen molar-refractivity contribution in [3.8, 4) is 0 Å². The minimum Gasteiger partial charge on any atom is -0.339 e. The van der Waals surface area contributed by atoms with Gasteiger partial charge in [0.25, 0.3) is 0 Å². The van der Waals surface area contributed by atoms with Crippen LogP contribution in [0.25, 0.3) is 0 Å². The van der Waals surface area contributed by atoms with E-state index in [2.05, 4.69) is 32.3 Å². The normalized spacial score (nSPS) is 18.2. The fourth-order valence-corrected chi connectivity index (χ4v) is 3.05. The van der Waals surface area contributed by atoms with Crippen LogP contribution in [0.4, 0.5) is 30.6 Å². The first kappa shape index (κ1) is 17.4. The number of halogens is 3. The number of nitrogens with zero attached hydrogens (tertiary/aromatic N) is 4. The number of nitrogens with one attached hydrogen (secondary N) is 1. The van der Waals surface area contributed by atoms with Crippen LogP contribution in [0, 0.1) is 0 Å². The van der Waals surface area contributed by atoms with Crippen molar-refractivity contribution in [1.82, 2.24) is 15.2 Å². The van der Waals surface area contributed by atoms with Crippen molar-refractivity contribution in [3.63, 3.8) is 0 Å². The smallest absolute Gasteiger partial charge is 0.339 e. The average molecular weight is 351 g/mol. The Morgan fingerprint density at radius 3 is 2.64 bits per heavy atom. The van der Waals surface area contributed by atoms with Gasteiger partial charge in [0.15, 0.2) is 5.82 Å². The van der Waals surface area contributed by atoms with Gasteiger partial charge in [-0.05, 0) is 49.9 Å². The molecule has 1 saturated heterocycles. The highest BCUT2D eigenvalue weighted by Crippen LogP contribution is 2.30. The molecule has 134 valence electrons. The molecule has 0 amide bonds. The van der Waals surface area contributed by atoms with E-state index in [0.717, 1.165) is 37.9 Å². The molecule has 3 rings (SSSR count). The molecule has 8 heteroatoms. The highest BCUT2D eigenvalue weighted by molar-refractivity contribution is 5.56. The molecule has 1 N–H and O–H groups in total. The largest absolute Gasteiger partial charge is 0.416 e. The molecule has 1 unspecified atom stereocenters. The van der Waals surface area contributed by atoms with Crippen LogP contribution < -0.4 is 10.2 Å². The third kappa shape index (κ3) is 4.18. The standard InChI is InChI=1S/C17H20F3N5/c1-2-14-5-3-4-10-25(14)16-23-15(11-21-24-16)22-13-8-6-12(7-9-13)17(18,19)20/h6-9,11,14H,2-5,10H2,1H3,(H,22,23,24). The number of aromatic nitrogens is 3. The van der Waals surface area contributed by atoms with Gasteiger partial charge in [0, 0.05) is 18.3 Å². The molecule has 0 aliphatic carbocycles. The first-order chi connectivity index (χ1) is 12.0. The maximum Gasteiger partial charge on any atom is 0.416 e. The molecule has 1 aromatic carbocycles. The van der Waals surface area contributed by atoms with Crippen molar-refractivity contribution in [2.75, 3.05) is 16.8 Å². The van der Waals surface area contributed by atoms with E-state index in [1.54, 1.807) is 0 Å². The number of hydrogen-bond acceptors (Lipinski definition) is 5. The summed E-state index contributed by atoms with van der Waals surface area (Å²) < 4.78 is 37.9.